The Labute approximate surface area is 132 Å². The first-order chi connectivity index (χ1) is 10.1. The molecule has 0 aliphatic heterocycles. The molecule has 0 aromatic heterocycles. The van der Waals surface area contributed by atoms with Crippen molar-refractivity contribution >= 4 is 35.0 Å². The lowest BCUT2D eigenvalue weighted by Crippen LogP contribution is -2.26. The van der Waals surface area contributed by atoms with Gasteiger partial charge in [0, 0.05) is 29.2 Å². The van der Waals surface area contributed by atoms with E-state index < -0.39 is 4.92 Å². The number of amides is 1. The van der Waals surface area contributed by atoms with Crippen LogP contribution in [0.25, 0.3) is 0 Å². The lowest BCUT2D eigenvalue weighted by molar-refractivity contribution is -0.384. The molecule has 0 atom stereocenters. The van der Waals surface area contributed by atoms with E-state index in [1.807, 2.05) is 11.8 Å². The summed E-state index contributed by atoms with van der Waals surface area (Å²) in [5, 5.41) is 14.3. The first kappa shape index (κ1) is 16.1. The van der Waals surface area contributed by atoms with Gasteiger partial charge in [-0.25, -0.2) is 0 Å². The third-order valence-electron chi connectivity index (χ3n) is 3.45. The second-order valence-corrected chi connectivity index (χ2v) is 6.77. The predicted molar refractivity (Wildman–Crippen MR) is 85.2 cm³/mol. The molecule has 21 heavy (non-hydrogen) atoms. The summed E-state index contributed by atoms with van der Waals surface area (Å²) in [6.07, 6.45) is 5.14. The van der Waals surface area contributed by atoms with Gasteiger partial charge in [-0.3, -0.25) is 14.9 Å². The van der Waals surface area contributed by atoms with Crippen LogP contribution in [-0.4, -0.2) is 28.4 Å². The first-order valence-electron chi connectivity index (χ1n) is 6.91. The van der Waals surface area contributed by atoms with E-state index in [-0.39, 0.29) is 22.2 Å². The Morgan fingerprint density at radius 2 is 2.14 bits per heavy atom. The normalized spacial score (nSPS) is 15.1. The van der Waals surface area contributed by atoms with Gasteiger partial charge in [0.25, 0.3) is 11.6 Å². The summed E-state index contributed by atoms with van der Waals surface area (Å²) in [6, 6.07) is 4.08. The Kier molecular flexibility index (Phi) is 5.87. The summed E-state index contributed by atoms with van der Waals surface area (Å²) >= 11 is 7.61. The summed E-state index contributed by atoms with van der Waals surface area (Å²) in [5.41, 5.74) is 0.0154. The molecule has 1 fully saturated rings. The van der Waals surface area contributed by atoms with E-state index in [1.165, 1.54) is 43.9 Å². The molecule has 1 aliphatic rings. The fourth-order valence-electron chi connectivity index (χ4n) is 2.34. The number of hydrogen-bond acceptors (Lipinski definition) is 4. The highest BCUT2D eigenvalue weighted by molar-refractivity contribution is 7.99. The minimum absolute atomic E-state index is 0.0355. The van der Waals surface area contributed by atoms with Crippen LogP contribution in [0.4, 0.5) is 5.69 Å². The van der Waals surface area contributed by atoms with Gasteiger partial charge in [-0.05, 0) is 25.0 Å². The number of nitro benzene ring substituents is 1. The summed E-state index contributed by atoms with van der Waals surface area (Å²) in [6.45, 7) is 0.566. The van der Waals surface area contributed by atoms with Crippen LogP contribution in [0.15, 0.2) is 18.2 Å². The first-order valence-corrected chi connectivity index (χ1v) is 8.34. The molecule has 0 bridgehead atoms. The molecule has 2 rings (SSSR count). The summed E-state index contributed by atoms with van der Waals surface area (Å²) < 4.78 is 0. The molecule has 0 saturated heterocycles. The van der Waals surface area contributed by atoms with Crippen molar-refractivity contribution in [3.8, 4) is 0 Å². The van der Waals surface area contributed by atoms with Gasteiger partial charge in [0.1, 0.15) is 5.02 Å². The van der Waals surface area contributed by atoms with Crippen LogP contribution >= 0.6 is 23.4 Å². The second-order valence-electron chi connectivity index (χ2n) is 4.96. The SMILES string of the molecule is O=C(NCCSC1CCCC1)c1ccc(Cl)c([N+](=O)[O-])c1. The van der Waals surface area contributed by atoms with E-state index in [1.54, 1.807) is 0 Å². The molecule has 1 aromatic carbocycles. The highest BCUT2D eigenvalue weighted by Gasteiger charge is 2.17. The third-order valence-corrected chi connectivity index (χ3v) is 5.15. The van der Waals surface area contributed by atoms with Crippen LogP contribution in [0.5, 0.6) is 0 Å². The van der Waals surface area contributed by atoms with Crippen LogP contribution in [0.2, 0.25) is 5.02 Å². The molecule has 1 aromatic rings. The molecule has 114 valence electrons. The molecule has 0 spiro atoms. The number of carbonyl (C=O) groups is 1. The zero-order valence-electron chi connectivity index (χ0n) is 11.5. The third kappa shape index (κ3) is 4.61. The zero-order valence-corrected chi connectivity index (χ0v) is 13.1. The van der Waals surface area contributed by atoms with Crippen LogP contribution in [0.3, 0.4) is 0 Å². The number of benzene rings is 1. The fraction of sp³-hybridized carbons (Fsp3) is 0.500. The topological polar surface area (TPSA) is 72.2 Å². The number of hydrogen-bond donors (Lipinski definition) is 1. The van der Waals surface area contributed by atoms with Crippen LogP contribution in [0, 0.1) is 10.1 Å². The number of nitro groups is 1. The molecule has 1 saturated carbocycles. The largest absolute Gasteiger partial charge is 0.351 e. The summed E-state index contributed by atoms with van der Waals surface area (Å²) in [7, 11) is 0. The second kappa shape index (κ2) is 7.66. The van der Waals surface area contributed by atoms with Gasteiger partial charge in [0.15, 0.2) is 0 Å². The van der Waals surface area contributed by atoms with Gasteiger partial charge >= 0.3 is 0 Å². The highest BCUT2D eigenvalue weighted by atomic mass is 35.5. The average Bonchev–Trinajstić information content (AvgIpc) is 2.96. The maximum absolute atomic E-state index is 11.9. The monoisotopic (exact) mass is 328 g/mol. The van der Waals surface area contributed by atoms with E-state index in [0.29, 0.717) is 6.54 Å². The number of nitrogens with one attached hydrogen (secondary N) is 1. The summed E-state index contributed by atoms with van der Waals surface area (Å²) in [5.74, 6) is 0.563. The lowest BCUT2D eigenvalue weighted by atomic mass is 10.2. The van der Waals surface area contributed by atoms with E-state index in [9.17, 15) is 14.9 Å². The Hall–Kier alpha value is -1.27. The molecular weight excluding hydrogens is 312 g/mol. The van der Waals surface area contributed by atoms with Crippen molar-refractivity contribution in [3.05, 3.63) is 38.9 Å². The number of halogens is 1. The molecule has 0 unspecified atom stereocenters. The van der Waals surface area contributed by atoms with Gasteiger partial charge in [-0.15, -0.1) is 0 Å². The Bertz CT molecular complexity index is 533. The summed E-state index contributed by atoms with van der Waals surface area (Å²) in [4.78, 5) is 22.1. The fourth-order valence-corrected chi connectivity index (χ4v) is 3.75. The van der Waals surface area contributed by atoms with Gasteiger partial charge in [-0.1, -0.05) is 24.4 Å². The smallest absolute Gasteiger partial charge is 0.288 e. The lowest BCUT2D eigenvalue weighted by Gasteiger charge is -2.09. The molecular formula is C14H17ClN2O3S. The van der Waals surface area contributed by atoms with Gasteiger partial charge in [0.05, 0.1) is 4.92 Å². The molecule has 0 radical (unpaired) electrons. The van der Waals surface area contributed by atoms with Gasteiger partial charge in [-0.2, -0.15) is 11.8 Å². The van der Waals surface area contributed by atoms with Crippen LogP contribution in [0.1, 0.15) is 36.0 Å². The van der Waals surface area contributed by atoms with Gasteiger partial charge < -0.3 is 5.32 Å². The molecule has 5 nitrogen and oxygen atoms in total. The maximum Gasteiger partial charge on any atom is 0.288 e. The van der Waals surface area contributed by atoms with Crippen LogP contribution < -0.4 is 5.32 Å². The van der Waals surface area contributed by atoms with Crippen LogP contribution in [-0.2, 0) is 0 Å². The number of thioether (sulfide) groups is 1. The van der Waals surface area contributed by atoms with Crippen molar-refractivity contribution in [2.45, 2.75) is 30.9 Å². The number of rotatable bonds is 6. The average molecular weight is 329 g/mol. The molecule has 1 N–H and O–H groups in total. The maximum atomic E-state index is 11.9. The Morgan fingerprint density at radius 3 is 2.81 bits per heavy atom. The van der Waals surface area contributed by atoms with Crippen molar-refractivity contribution in [2.75, 3.05) is 12.3 Å². The highest BCUT2D eigenvalue weighted by Crippen LogP contribution is 2.29. The Balaban J connectivity index is 1.82. The van der Waals surface area contributed by atoms with E-state index >= 15 is 0 Å². The van der Waals surface area contributed by atoms with Crippen molar-refractivity contribution in [3.63, 3.8) is 0 Å². The quantitative estimate of drug-likeness (QED) is 0.491. The molecule has 1 amide bonds. The number of nitrogens with zero attached hydrogens (tertiary/aromatic N) is 1. The minimum Gasteiger partial charge on any atom is -0.351 e. The molecule has 7 heteroatoms. The minimum atomic E-state index is -0.588. The van der Waals surface area contributed by atoms with Crippen molar-refractivity contribution in [1.82, 2.24) is 5.32 Å². The Morgan fingerprint density at radius 1 is 1.43 bits per heavy atom. The number of carbonyl (C=O) groups excluding carboxylic acids is 1. The van der Waals surface area contributed by atoms with Crippen molar-refractivity contribution in [1.29, 1.82) is 0 Å². The molecule has 1 aliphatic carbocycles. The standard InChI is InChI=1S/C14H17ClN2O3S/c15-12-6-5-10(9-13(12)17(19)20)14(18)16-7-8-21-11-3-1-2-4-11/h5-6,9,11H,1-4,7-8H2,(H,16,18). The van der Waals surface area contributed by atoms with E-state index in [0.717, 1.165) is 11.0 Å². The van der Waals surface area contributed by atoms with Crippen molar-refractivity contribution in [2.24, 2.45) is 0 Å². The van der Waals surface area contributed by atoms with E-state index in [2.05, 4.69) is 5.32 Å². The van der Waals surface area contributed by atoms with Crippen molar-refractivity contribution < 1.29 is 9.72 Å². The predicted octanol–water partition coefficient (Wildman–Crippen LogP) is 3.65. The zero-order chi connectivity index (χ0) is 15.2. The van der Waals surface area contributed by atoms with E-state index in [4.69, 9.17) is 11.6 Å². The van der Waals surface area contributed by atoms with Gasteiger partial charge in [0.2, 0.25) is 0 Å². The molecule has 0 heterocycles.